The Kier molecular flexibility index (Phi) is 10.2. The number of aromatic nitrogens is 2. The van der Waals surface area contributed by atoms with Crippen LogP contribution in [0.2, 0.25) is 0 Å². The highest BCUT2D eigenvalue weighted by Gasteiger charge is 2.39. The average molecular weight is 615 g/mol. The van der Waals surface area contributed by atoms with E-state index in [1.54, 1.807) is 14.2 Å². The van der Waals surface area contributed by atoms with Gasteiger partial charge in [0.05, 0.1) is 13.3 Å². The Balaban J connectivity index is 1.33. The van der Waals surface area contributed by atoms with Crippen molar-refractivity contribution in [3.05, 3.63) is 66.0 Å². The Hall–Kier alpha value is -3.81. The highest BCUT2D eigenvalue weighted by atomic mass is 16.6. The zero-order valence-electron chi connectivity index (χ0n) is 27.8. The number of rotatable bonds is 9. The molecule has 45 heavy (non-hydrogen) atoms. The first-order valence-corrected chi connectivity index (χ1v) is 16.6. The van der Waals surface area contributed by atoms with Gasteiger partial charge in [0.15, 0.2) is 0 Å². The SMILES string of the molecule is CNC(=O)OC1(C)CCC(C(=O)N(CC2CCC(c3ccc(OC)c(C)c3)CC2)c2cccc(-c3cnn(C(C)C)c3)c2)CC1. The lowest BCUT2D eigenvalue weighted by Gasteiger charge is -2.39. The van der Waals surface area contributed by atoms with Gasteiger partial charge in [-0.3, -0.25) is 9.48 Å². The van der Waals surface area contributed by atoms with E-state index in [1.807, 2.05) is 17.8 Å². The van der Waals surface area contributed by atoms with Crippen LogP contribution in [0.3, 0.4) is 0 Å². The molecule has 1 heterocycles. The summed E-state index contributed by atoms with van der Waals surface area (Å²) in [6.07, 6.45) is 10.7. The van der Waals surface area contributed by atoms with Gasteiger partial charge in [0.1, 0.15) is 11.4 Å². The maximum absolute atomic E-state index is 14.4. The molecule has 2 fully saturated rings. The minimum atomic E-state index is -0.545. The summed E-state index contributed by atoms with van der Waals surface area (Å²) in [4.78, 5) is 28.4. The Bertz CT molecular complexity index is 1460. The second-order valence-electron chi connectivity index (χ2n) is 13.6. The van der Waals surface area contributed by atoms with E-state index in [-0.39, 0.29) is 17.9 Å². The molecule has 0 bridgehead atoms. The van der Waals surface area contributed by atoms with Crippen LogP contribution in [0.4, 0.5) is 10.5 Å². The third kappa shape index (κ3) is 7.71. The highest BCUT2D eigenvalue weighted by molar-refractivity contribution is 5.95. The number of nitrogens with one attached hydrogen (secondary N) is 1. The number of nitrogens with zero attached hydrogens (tertiary/aromatic N) is 3. The summed E-state index contributed by atoms with van der Waals surface area (Å²) >= 11 is 0. The molecule has 0 atom stereocenters. The van der Waals surface area contributed by atoms with Gasteiger partial charge in [0.2, 0.25) is 5.91 Å². The van der Waals surface area contributed by atoms with Crippen molar-refractivity contribution in [3.63, 3.8) is 0 Å². The van der Waals surface area contributed by atoms with Crippen LogP contribution in [0.1, 0.15) is 95.2 Å². The minimum Gasteiger partial charge on any atom is -0.496 e. The van der Waals surface area contributed by atoms with Gasteiger partial charge in [-0.05, 0) is 126 Å². The van der Waals surface area contributed by atoms with Crippen molar-refractivity contribution in [2.75, 3.05) is 25.6 Å². The van der Waals surface area contributed by atoms with E-state index in [0.29, 0.717) is 44.1 Å². The van der Waals surface area contributed by atoms with E-state index in [4.69, 9.17) is 9.47 Å². The molecular weight excluding hydrogens is 564 g/mol. The van der Waals surface area contributed by atoms with E-state index < -0.39 is 11.7 Å². The van der Waals surface area contributed by atoms with Gasteiger partial charge in [-0.25, -0.2) is 4.79 Å². The van der Waals surface area contributed by atoms with Gasteiger partial charge in [0.25, 0.3) is 0 Å². The molecule has 2 amide bonds. The molecule has 0 saturated heterocycles. The lowest BCUT2D eigenvalue weighted by Crippen LogP contribution is -2.45. The van der Waals surface area contributed by atoms with Gasteiger partial charge in [-0.1, -0.05) is 24.3 Å². The van der Waals surface area contributed by atoms with Crippen molar-refractivity contribution < 1.29 is 19.1 Å². The average Bonchev–Trinajstić information content (AvgIpc) is 3.55. The Morgan fingerprint density at radius 1 is 1.04 bits per heavy atom. The number of hydrogen-bond donors (Lipinski definition) is 1. The molecule has 1 N–H and O–H groups in total. The summed E-state index contributed by atoms with van der Waals surface area (Å²) in [6, 6.07) is 15.2. The van der Waals surface area contributed by atoms with Crippen molar-refractivity contribution >= 4 is 17.7 Å². The monoisotopic (exact) mass is 614 g/mol. The number of carbonyl (C=O) groups excluding carboxylic acids is 2. The normalized spacial score (nSPS) is 23.4. The van der Waals surface area contributed by atoms with Crippen LogP contribution in [0.25, 0.3) is 11.1 Å². The van der Waals surface area contributed by atoms with E-state index >= 15 is 0 Å². The second kappa shape index (κ2) is 14.1. The molecule has 1 aromatic heterocycles. The molecular formula is C37H50N4O4. The molecule has 2 aromatic carbocycles. The first-order chi connectivity index (χ1) is 21.6. The minimum absolute atomic E-state index is 0.0997. The van der Waals surface area contributed by atoms with Crippen LogP contribution < -0.4 is 15.0 Å². The second-order valence-corrected chi connectivity index (χ2v) is 13.6. The van der Waals surface area contributed by atoms with Gasteiger partial charge in [-0.15, -0.1) is 0 Å². The molecule has 0 aliphatic heterocycles. The molecule has 2 saturated carbocycles. The number of carbonyl (C=O) groups is 2. The Morgan fingerprint density at radius 2 is 1.78 bits per heavy atom. The number of benzene rings is 2. The molecule has 3 aromatic rings. The maximum Gasteiger partial charge on any atom is 0.407 e. The van der Waals surface area contributed by atoms with Gasteiger partial charge >= 0.3 is 6.09 Å². The van der Waals surface area contributed by atoms with Crippen molar-refractivity contribution in [3.8, 4) is 16.9 Å². The van der Waals surface area contributed by atoms with Crippen LogP contribution in [-0.2, 0) is 9.53 Å². The predicted molar refractivity (Wildman–Crippen MR) is 179 cm³/mol. The summed E-state index contributed by atoms with van der Waals surface area (Å²) in [5.41, 5.74) is 5.07. The fourth-order valence-electron chi connectivity index (χ4n) is 7.11. The van der Waals surface area contributed by atoms with Crippen LogP contribution in [-0.4, -0.2) is 48.1 Å². The smallest absolute Gasteiger partial charge is 0.407 e. The van der Waals surface area contributed by atoms with Crippen LogP contribution >= 0.6 is 0 Å². The van der Waals surface area contributed by atoms with E-state index in [2.05, 4.69) is 84.7 Å². The third-order valence-corrected chi connectivity index (χ3v) is 10.0. The molecule has 0 radical (unpaired) electrons. The predicted octanol–water partition coefficient (Wildman–Crippen LogP) is 8.06. The molecule has 5 rings (SSSR count). The van der Waals surface area contributed by atoms with Crippen LogP contribution in [0, 0.1) is 18.8 Å². The fourth-order valence-corrected chi connectivity index (χ4v) is 7.11. The number of ether oxygens (including phenoxy) is 2. The standard InChI is InChI=1S/C37H50N4O4/c1-25(2)41-24-32(22-39-41)30-8-7-9-33(21-30)40(35(42)29-16-18-37(4,19-17-29)45-36(43)38-5)23-27-10-12-28(13-11-27)31-14-15-34(44-6)26(3)20-31/h7-9,14-15,20-22,24-25,27-29H,10-13,16-19,23H2,1-6H3,(H,38,43). The van der Waals surface area contributed by atoms with Crippen molar-refractivity contribution in [1.29, 1.82) is 0 Å². The van der Waals surface area contributed by atoms with Crippen molar-refractivity contribution in [1.82, 2.24) is 15.1 Å². The van der Waals surface area contributed by atoms with Crippen LogP contribution in [0.5, 0.6) is 5.75 Å². The zero-order valence-corrected chi connectivity index (χ0v) is 27.8. The molecule has 242 valence electrons. The number of aryl methyl sites for hydroxylation is 1. The zero-order chi connectivity index (χ0) is 32.1. The number of anilines is 1. The number of methoxy groups -OCH3 is 1. The van der Waals surface area contributed by atoms with E-state index in [9.17, 15) is 9.59 Å². The summed E-state index contributed by atoms with van der Waals surface area (Å²) in [6.45, 7) is 9.03. The number of amides is 2. The summed E-state index contributed by atoms with van der Waals surface area (Å²) in [5.74, 6) is 1.98. The van der Waals surface area contributed by atoms with Crippen molar-refractivity contribution in [2.45, 2.75) is 96.6 Å². The van der Waals surface area contributed by atoms with Gasteiger partial charge in [0, 0.05) is 43.0 Å². The molecule has 8 heteroatoms. The molecule has 2 aliphatic rings. The summed E-state index contributed by atoms with van der Waals surface area (Å²) < 4.78 is 13.1. The molecule has 0 spiro atoms. The first kappa shape index (κ1) is 32.6. The summed E-state index contributed by atoms with van der Waals surface area (Å²) in [7, 11) is 3.30. The Labute approximate surface area is 268 Å². The van der Waals surface area contributed by atoms with Crippen molar-refractivity contribution in [2.24, 2.45) is 11.8 Å². The van der Waals surface area contributed by atoms with Gasteiger partial charge in [-0.2, -0.15) is 5.10 Å². The molecule has 8 nitrogen and oxygen atoms in total. The van der Waals surface area contributed by atoms with Gasteiger partial charge < -0.3 is 19.7 Å². The third-order valence-electron chi connectivity index (χ3n) is 10.0. The quantitative estimate of drug-likeness (QED) is 0.264. The topological polar surface area (TPSA) is 85.7 Å². The molecule has 2 aliphatic carbocycles. The lowest BCUT2D eigenvalue weighted by atomic mass is 9.77. The van der Waals surface area contributed by atoms with E-state index in [0.717, 1.165) is 48.2 Å². The number of alkyl carbamates (subject to hydrolysis) is 1. The lowest BCUT2D eigenvalue weighted by molar-refractivity contribution is -0.125. The summed E-state index contributed by atoms with van der Waals surface area (Å²) in [5, 5.41) is 7.10. The highest BCUT2D eigenvalue weighted by Crippen LogP contribution is 2.40. The fraction of sp³-hybridized carbons (Fsp3) is 0.541. The Morgan fingerprint density at radius 3 is 2.40 bits per heavy atom. The first-order valence-electron chi connectivity index (χ1n) is 16.6. The van der Waals surface area contributed by atoms with Crippen LogP contribution in [0.15, 0.2) is 54.9 Å². The largest absolute Gasteiger partial charge is 0.496 e. The van der Waals surface area contributed by atoms with E-state index in [1.165, 1.54) is 11.1 Å². The molecule has 0 unspecified atom stereocenters. The maximum atomic E-state index is 14.4. The number of hydrogen-bond acceptors (Lipinski definition) is 5.